The molecule has 4 nitrogen and oxygen atoms in total. The highest BCUT2D eigenvalue weighted by molar-refractivity contribution is 7.71. The minimum absolute atomic E-state index is 0.245. The monoisotopic (exact) mass is 283 g/mol. The van der Waals surface area contributed by atoms with Crippen LogP contribution in [-0.4, -0.2) is 14.8 Å². The van der Waals surface area contributed by atoms with E-state index in [0.717, 1.165) is 5.82 Å². The Hall–Kier alpha value is -1.33. The highest BCUT2D eigenvalue weighted by Crippen LogP contribution is 2.18. The number of nitrogens with one attached hydrogen (secondary N) is 1. The topological polar surface area (TPSA) is 42.8 Å². The number of aromatic nitrogens is 3. The molecule has 2 rings (SSSR count). The Kier molecular flexibility index (Phi) is 4.04. The third-order valence-electron chi connectivity index (χ3n) is 2.46. The fourth-order valence-corrected chi connectivity index (χ4v) is 2.22. The van der Waals surface area contributed by atoms with Gasteiger partial charge in [0.15, 0.2) is 10.6 Å². The van der Waals surface area contributed by atoms with E-state index in [1.807, 2.05) is 30.5 Å². The molecular weight excluding hydrogens is 270 g/mol. The summed E-state index contributed by atoms with van der Waals surface area (Å²) in [5.74, 6) is 1.49. The van der Waals surface area contributed by atoms with Crippen molar-refractivity contribution in [1.29, 1.82) is 0 Å². The minimum atomic E-state index is 0.245. The lowest BCUT2D eigenvalue weighted by molar-refractivity contribution is 0.286. The molecule has 0 bridgehead atoms. The molecule has 0 fully saturated rings. The zero-order valence-corrected chi connectivity index (χ0v) is 11.8. The number of rotatable bonds is 4. The van der Waals surface area contributed by atoms with Crippen molar-refractivity contribution in [3.63, 3.8) is 0 Å². The second-order valence-corrected chi connectivity index (χ2v) is 4.98. The average Bonchev–Trinajstić information content (AvgIpc) is 2.68. The van der Waals surface area contributed by atoms with E-state index in [2.05, 4.69) is 10.2 Å². The summed E-state index contributed by atoms with van der Waals surface area (Å²) >= 11 is 11.1. The molecule has 0 aliphatic rings. The van der Waals surface area contributed by atoms with E-state index >= 15 is 0 Å². The highest BCUT2D eigenvalue weighted by atomic mass is 35.5. The first kappa shape index (κ1) is 13.1. The molecule has 0 atom stereocenters. The lowest BCUT2D eigenvalue weighted by Gasteiger charge is -2.11. The molecule has 0 spiro atoms. The van der Waals surface area contributed by atoms with Crippen molar-refractivity contribution in [1.82, 2.24) is 14.8 Å². The Bertz CT molecular complexity index is 591. The lowest BCUT2D eigenvalue weighted by Crippen LogP contribution is -2.09. The summed E-state index contributed by atoms with van der Waals surface area (Å²) in [6.07, 6.45) is 0. The van der Waals surface area contributed by atoms with Gasteiger partial charge < -0.3 is 4.74 Å². The van der Waals surface area contributed by atoms with Gasteiger partial charge in [0.25, 0.3) is 0 Å². The molecule has 0 aliphatic heterocycles. The molecule has 0 aliphatic carbocycles. The second kappa shape index (κ2) is 5.54. The molecule has 96 valence electrons. The molecular formula is C12H14ClN3OS. The maximum atomic E-state index is 5.89. The summed E-state index contributed by atoms with van der Waals surface area (Å²) in [5, 5.41) is 7.59. The normalized spacial score (nSPS) is 10.9. The zero-order valence-electron chi connectivity index (χ0n) is 10.2. The van der Waals surface area contributed by atoms with Crippen molar-refractivity contribution < 1.29 is 4.74 Å². The van der Waals surface area contributed by atoms with Gasteiger partial charge in [-0.05, 0) is 44.3 Å². The van der Waals surface area contributed by atoms with Gasteiger partial charge in [0.05, 0.1) is 0 Å². The summed E-state index contributed by atoms with van der Waals surface area (Å²) in [6.45, 7) is 4.45. The molecule has 18 heavy (non-hydrogen) atoms. The van der Waals surface area contributed by atoms with Gasteiger partial charge in [-0.2, -0.15) is 5.10 Å². The SMILES string of the molecule is CC(C)n1c(COc2cccc(Cl)c2)n[nH]c1=S. The van der Waals surface area contributed by atoms with Crippen molar-refractivity contribution in [2.24, 2.45) is 0 Å². The van der Waals surface area contributed by atoms with E-state index in [9.17, 15) is 0 Å². The molecule has 1 N–H and O–H groups in total. The van der Waals surface area contributed by atoms with Crippen molar-refractivity contribution in [2.75, 3.05) is 0 Å². The number of ether oxygens (including phenoxy) is 1. The standard InChI is InChI=1S/C12H14ClN3OS/c1-8(2)16-11(14-15-12(16)18)7-17-10-5-3-4-9(13)6-10/h3-6,8H,7H2,1-2H3,(H,15,18). The van der Waals surface area contributed by atoms with E-state index in [-0.39, 0.29) is 6.04 Å². The van der Waals surface area contributed by atoms with E-state index < -0.39 is 0 Å². The molecule has 0 saturated carbocycles. The smallest absolute Gasteiger partial charge is 0.195 e. The van der Waals surface area contributed by atoms with Crippen molar-refractivity contribution in [3.05, 3.63) is 39.9 Å². The first-order chi connectivity index (χ1) is 8.58. The van der Waals surface area contributed by atoms with Crippen LogP contribution in [-0.2, 0) is 6.61 Å². The van der Waals surface area contributed by atoms with E-state index in [1.54, 1.807) is 12.1 Å². The average molecular weight is 284 g/mol. The van der Waals surface area contributed by atoms with Gasteiger partial charge in [-0.25, -0.2) is 0 Å². The summed E-state index contributed by atoms with van der Waals surface area (Å²) < 4.78 is 8.18. The van der Waals surface area contributed by atoms with Crippen LogP contribution in [0.2, 0.25) is 5.02 Å². The molecule has 0 radical (unpaired) electrons. The molecule has 0 unspecified atom stereocenters. The lowest BCUT2D eigenvalue weighted by atomic mass is 10.3. The summed E-state index contributed by atoms with van der Waals surface area (Å²) in [6, 6.07) is 7.51. The molecule has 2 aromatic rings. The molecule has 1 aromatic heterocycles. The van der Waals surface area contributed by atoms with Gasteiger partial charge in [-0.1, -0.05) is 17.7 Å². The fraction of sp³-hybridized carbons (Fsp3) is 0.333. The molecule has 1 heterocycles. The minimum Gasteiger partial charge on any atom is -0.486 e. The van der Waals surface area contributed by atoms with Crippen LogP contribution in [0.5, 0.6) is 5.75 Å². The first-order valence-electron chi connectivity index (χ1n) is 5.62. The highest BCUT2D eigenvalue weighted by Gasteiger charge is 2.09. The molecule has 0 amide bonds. The van der Waals surface area contributed by atoms with Crippen LogP contribution >= 0.6 is 23.8 Å². The first-order valence-corrected chi connectivity index (χ1v) is 6.40. The van der Waals surface area contributed by atoms with Crippen LogP contribution < -0.4 is 4.74 Å². The van der Waals surface area contributed by atoms with E-state index in [4.69, 9.17) is 28.6 Å². The maximum absolute atomic E-state index is 5.89. The number of benzene rings is 1. The zero-order chi connectivity index (χ0) is 13.1. The molecule has 0 saturated heterocycles. The number of H-pyrrole nitrogens is 1. The number of hydrogen-bond acceptors (Lipinski definition) is 3. The van der Waals surface area contributed by atoms with Gasteiger partial charge in [-0.15, -0.1) is 0 Å². The van der Waals surface area contributed by atoms with Gasteiger partial charge in [0.2, 0.25) is 0 Å². The van der Waals surface area contributed by atoms with Crippen LogP contribution in [0.1, 0.15) is 25.7 Å². The fourth-order valence-electron chi connectivity index (χ4n) is 1.68. The molecule has 6 heteroatoms. The van der Waals surface area contributed by atoms with Gasteiger partial charge in [-0.3, -0.25) is 9.67 Å². The van der Waals surface area contributed by atoms with Crippen LogP contribution in [0.3, 0.4) is 0 Å². The number of nitrogens with zero attached hydrogens (tertiary/aromatic N) is 2. The Morgan fingerprint density at radius 3 is 2.94 bits per heavy atom. The summed E-state index contributed by atoms with van der Waals surface area (Å²) in [4.78, 5) is 0. The van der Waals surface area contributed by atoms with Crippen molar-refractivity contribution >= 4 is 23.8 Å². The number of hydrogen-bond donors (Lipinski definition) is 1. The number of halogens is 1. The number of aromatic amines is 1. The second-order valence-electron chi connectivity index (χ2n) is 4.15. The summed E-state index contributed by atoms with van der Waals surface area (Å²) in [7, 11) is 0. The predicted octanol–water partition coefficient (Wildman–Crippen LogP) is 3.75. The molecule has 1 aromatic carbocycles. The Morgan fingerprint density at radius 1 is 1.50 bits per heavy atom. The largest absolute Gasteiger partial charge is 0.486 e. The Labute approximate surface area is 116 Å². The van der Waals surface area contributed by atoms with Gasteiger partial charge in [0.1, 0.15) is 12.4 Å². The van der Waals surface area contributed by atoms with Crippen molar-refractivity contribution in [3.8, 4) is 5.75 Å². The van der Waals surface area contributed by atoms with Crippen molar-refractivity contribution in [2.45, 2.75) is 26.5 Å². The Balaban J connectivity index is 2.14. The van der Waals surface area contributed by atoms with E-state index in [1.165, 1.54) is 0 Å². The third kappa shape index (κ3) is 2.91. The summed E-state index contributed by atoms with van der Waals surface area (Å²) in [5.41, 5.74) is 0. The predicted molar refractivity (Wildman–Crippen MR) is 73.6 cm³/mol. The van der Waals surface area contributed by atoms with Gasteiger partial charge in [0, 0.05) is 11.1 Å². The maximum Gasteiger partial charge on any atom is 0.195 e. The van der Waals surface area contributed by atoms with Crippen LogP contribution in [0.15, 0.2) is 24.3 Å². The third-order valence-corrected chi connectivity index (χ3v) is 2.98. The quantitative estimate of drug-likeness (QED) is 0.869. The Morgan fingerprint density at radius 2 is 2.28 bits per heavy atom. The van der Waals surface area contributed by atoms with Gasteiger partial charge >= 0.3 is 0 Å². The van der Waals surface area contributed by atoms with Crippen LogP contribution in [0.25, 0.3) is 0 Å². The van der Waals surface area contributed by atoms with E-state index in [0.29, 0.717) is 22.2 Å². The van der Waals surface area contributed by atoms with Crippen LogP contribution in [0.4, 0.5) is 0 Å². The van der Waals surface area contributed by atoms with Crippen LogP contribution in [0, 0.1) is 4.77 Å².